The maximum absolute atomic E-state index is 11.9. The summed E-state index contributed by atoms with van der Waals surface area (Å²) < 4.78 is 26.8. The zero-order valence-corrected chi connectivity index (χ0v) is 10.8. The van der Waals surface area contributed by atoms with Crippen molar-refractivity contribution in [2.75, 3.05) is 20.1 Å². The third-order valence-electron chi connectivity index (χ3n) is 2.91. The van der Waals surface area contributed by atoms with Crippen LogP contribution < -0.4 is 10.0 Å². The van der Waals surface area contributed by atoms with E-state index in [-0.39, 0.29) is 5.41 Å². The predicted molar refractivity (Wildman–Crippen MR) is 65.1 cm³/mol. The Kier molecular flexibility index (Phi) is 3.34. The van der Waals surface area contributed by atoms with Crippen molar-refractivity contribution in [3.63, 3.8) is 0 Å². The fraction of sp³-hybridized carbons (Fsp3) is 0.600. The minimum absolute atomic E-state index is 0.152. The fourth-order valence-electron chi connectivity index (χ4n) is 1.70. The van der Waals surface area contributed by atoms with E-state index in [1.807, 2.05) is 7.05 Å². The van der Waals surface area contributed by atoms with Gasteiger partial charge in [-0.25, -0.2) is 13.1 Å². The Balaban J connectivity index is 1.96. The molecule has 0 aliphatic heterocycles. The van der Waals surface area contributed by atoms with Crippen LogP contribution >= 0.6 is 11.3 Å². The first-order valence-electron chi connectivity index (χ1n) is 5.26. The molecule has 6 heteroatoms. The van der Waals surface area contributed by atoms with E-state index >= 15 is 0 Å². The van der Waals surface area contributed by atoms with Gasteiger partial charge in [-0.3, -0.25) is 0 Å². The third-order valence-corrected chi connectivity index (χ3v) is 5.70. The van der Waals surface area contributed by atoms with E-state index < -0.39 is 10.0 Å². The van der Waals surface area contributed by atoms with Gasteiger partial charge in [0.05, 0.1) is 0 Å². The lowest BCUT2D eigenvalue weighted by atomic mass is 10.1. The monoisotopic (exact) mass is 260 g/mol. The summed E-state index contributed by atoms with van der Waals surface area (Å²) in [6.07, 6.45) is 2.20. The van der Waals surface area contributed by atoms with Gasteiger partial charge in [0, 0.05) is 13.1 Å². The molecule has 1 aliphatic carbocycles. The first-order chi connectivity index (χ1) is 7.58. The van der Waals surface area contributed by atoms with E-state index in [1.165, 1.54) is 11.3 Å². The molecule has 0 saturated heterocycles. The highest BCUT2D eigenvalue weighted by atomic mass is 32.2. The van der Waals surface area contributed by atoms with Crippen molar-refractivity contribution in [2.24, 2.45) is 5.41 Å². The summed E-state index contributed by atoms with van der Waals surface area (Å²) in [7, 11) is -1.39. The molecule has 1 fully saturated rings. The molecule has 0 aromatic carbocycles. The van der Waals surface area contributed by atoms with Gasteiger partial charge in [0.1, 0.15) is 4.21 Å². The molecule has 0 atom stereocenters. The normalized spacial score (nSPS) is 18.6. The Hall–Kier alpha value is -0.430. The van der Waals surface area contributed by atoms with Crippen molar-refractivity contribution in [1.29, 1.82) is 0 Å². The van der Waals surface area contributed by atoms with Gasteiger partial charge in [-0.1, -0.05) is 6.07 Å². The van der Waals surface area contributed by atoms with E-state index in [9.17, 15) is 8.42 Å². The quantitative estimate of drug-likeness (QED) is 0.803. The third kappa shape index (κ3) is 2.63. The highest BCUT2D eigenvalue weighted by molar-refractivity contribution is 7.91. The molecule has 90 valence electrons. The minimum Gasteiger partial charge on any atom is -0.319 e. The van der Waals surface area contributed by atoms with Crippen molar-refractivity contribution in [3.05, 3.63) is 17.5 Å². The van der Waals surface area contributed by atoms with Gasteiger partial charge in [0.15, 0.2) is 0 Å². The molecule has 0 radical (unpaired) electrons. The zero-order chi connectivity index (χ0) is 11.6. The maximum Gasteiger partial charge on any atom is 0.250 e. The molecule has 0 amide bonds. The molecule has 1 aliphatic rings. The molecular formula is C10H16N2O2S2. The Bertz CT molecular complexity index is 435. The molecular weight excluding hydrogens is 244 g/mol. The van der Waals surface area contributed by atoms with Crippen LogP contribution in [0.1, 0.15) is 12.8 Å². The molecule has 2 N–H and O–H groups in total. The molecule has 4 nitrogen and oxygen atoms in total. The van der Waals surface area contributed by atoms with Gasteiger partial charge in [0.2, 0.25) is 10.0 Å². The smallest absolute Gasteiger partial charge is 0.250 e. The second-order valence-corrected chi connectivity index (χ2v) is 7.23. The average molecular weight is 260 g/mol. The number of sulfonamides is 1. The van der Waals surface area contributed by atoms with E-state index in [0.717, 1.165) is 19.4 Å². The maximum atomic E-state index is 11.9. The van der Waals surface area contributed by atoms with Crippen LogP contribution in [-0.4, -0.2) is 28.6 Å². The highest BCUT2D eigenvalue weighted by Crippen LogP contribution is 2.44. The molecule has 0 unspecified atom stereocenters. The average Bonchev–Trinajstić information content (AvgIpc) is 2.81. The molecule has 0 bridgehead atoms. The first kappa shape index (κ1) is 12.0. The number of rotatable bonds is 6. The van der Waals surface area contributed by atoms with Gasteiger partial charge in [-0.05, 0) is 36.8 Å². The van der Waals surface area contributed by atoms with Crippen LogP contribution in [0.15, 0.2) is 21.7 Å². The van der Waals surface area contributed by atoms with Gasteiger partial charge in [-0.2, -0.15) is 0 Å². The van der Waals surface area contributed by atoms with E-state index in [2.05, 4.69) is 10.0 Å². The lowest BCUT2D eigenvalue weighted by molar-refractivity contribution is 0.468. The van der Waals surface area contributed by atoms with E-state index in [1.54, 1.807) is 17.5 Å². The van der Waals surface area contributed by atoms with E-state index in [4.69, 9.17) is 0 Å². The lowest BCUT2D eigenvalue weighted by Crippen LogP contribution is -2.34. The lowest BCUT2D eigenvalue weighted by Gasteiger charge is -2.14. The Morgan fingerprint density at radius 2 is 2.19 bits per heavy atom. The standard InChI is InChI=1S/C10H16N2O2S2/c1-11-7-10(4-5-10)8-12-16(13,14)9-3-2-6-15-9/h2-3,6,11-12H,4-5,7-8H2,1H3. The van der Waals surface area contributed by atoms with Gasteiger partial charge >= 0.3 is 0 Å². The number of hydrogen-bond acceptors (Lipinski definition) is 4. The summed E-state index contributed by atoms with van der Waals surface area (Å²) in [6, 6.07) is 3.38. The zero-order valence-electron chi connectivity index (χ0n) is 9.19. The van der Waals surface area contributed by atoms with Crippen molar-refractivity contribution in [2.45, 2.75) is 17.1 Å². The summed E-state index contributed by atoms with van der Waals surface area (Å²) in [6.45, 7) is 1.41. The number of nitrogens with one attached hydrogen (secondary N) is 2. The topological polar surface area (TPSA) is 58.2 Å². The minimum atomic E-state index is -3.29. The second kappa shape index (κ2) is 4.44. The van der Waals surface area contributed by atoms with Crippen molar-refractivity contribution < 1.29 is 8.42 Å². The molecule has 16 heavy (non-hydrogen) atoms. The second-order valence-electron chi connectivity index (χ2n) is 4.29. The Labute approximate surface area is 100 Å². The number of thiophene rings is 1. The molecule has 2 rings (SSSR count). The van der Waals surface area contributed by atoms with Crippen molar-refractivity contribution in [3.8, 4) is 0 Å². The van der Waals surface area contributed by atoms with E-state index in [0.29, 0.717) is 10.8 Å². The Morgan fingerprint density at radius 1 is 1.44 bits per heavy atom. The summed E-state index contributed by atoms with van der Waals surface area (Å²) in [4.78, 5) is 0. The summed E-state index contributed by atoms with van der Waals surface area (Å²) >= 11 is 1.25. The highest BCUT2D eigenvalue weighted by Gasteiger charge is 2.42. The van der Waals surface area contributed by atoms with Crippen LogP contribution in [0.5, 0.6) is 0 Å². The van der Waals surface area contributed by atoms with Gasteiger partial charge in [-0.15, -0.1) is 11.3 Å². The summed E-state index contributed by atoms with van der Waals surface area (Å²) in [5, 5.41) is 4.88. The van der Waals surface area contributed by atoms with Crippen molar-refractivity contribution >= 4 is 21.4 Å². The molecule has 1 heterocycles. The van der Waals surface area contributed by atoms with Crippen LogP contribution in [-0.2, 0) is 10.0 Å². The van der Waals surface area contributed by atoms with Gasteiger partial charge in [0.25, 0.3) is 0 Å². The largest absolute Gasteiger partial charge is 0.319 e. The molecule has 1 aromatic heterocycles. The van der Waals surface area contributed by atoms with Crippen LogP contribution in [0, 0.1) is 5.41 Å². The first-order valence-corrected chi connectivity index (χ1v) is 7.62. The van der Waals surface area contributed by atoms with Crippen LogP contribution in [0.4, 0.5) is 0 Å². The fourth-order valence-corrected chi connectivity index (χ4v) is 3.90. The SMILES string of the molecule is CNCC1(CNS(=O)(=O)c2cccs2)CC1. The van der Waals surface area contributed by atoms with Crippen molar-refractivity contribution in [1.82, 2.24) is 10.0 Å². The number of hydrogen-bond donors (Lipinski definition) is 2. The molecule has 1 aromatic rings. The van der Waals surface area contributed by atoms with Crippen LogP contribution in [0.2, 0.25) is 0 Å². The summed E-state index contributed by atoms with van der Waals surface area (Å²) in [5.41, 5.74) is 0.152. The molecule has 1 saturated carbocycles. The van der Waals surface area contributed by atoms with Gasteiger partial charge < -0.3 is 5.32 Å². The Morgan fingerprint density at radius 3 is 2.69 bits per heavy atom. The molecule has 0 spiro atoms. The summed E-state index contributed by atoms with van der Waals surface area (Å²) in [5.74, 6) is 0. The van der Waals surface area contributed by atoms with Crippen LogP contribution in [0.3, 0.4) is 0 Å². The predicted octanol–water partition coefficient (Wildman–Crippen LogP) is 1.03. The van der Waals surface area contributed by atoms with Crippen LogP contribution in [0.25, 0.3) is 0 Å².